The van der Waals surface area contributed by atoms with Gasteiger partial charge in [0.15, 0.2) is 0 Å². The van der Waals surface area contributed by atoms with Crippen molar-refractivity contribution in [2.24, 2.45) is 0 Å². The summed E-state index contributed by atoms with van der Waals surface area (Å²) >= 11 is 5.20. The average molecular weight is 313 g/mol. The summed E-state index contributed by atoms with van der Waals surface area (Å²) in [5.41, 5.74) is 0. The Bertz CT molecular complexity index is 370. The molecule has 0 aliphatic carbocycles. The minimum Gasteiger partial charge on any atom is -0.300 e. The monoisotopic (exact) mass is 312 g/mol. The lowest BCUT2D eigenvalue weighted by Gasteiger charge is -2.13. The summed E-state index contributed by atoms with van der Waals surface area (Å²) in [5.74, 6) is 0.958. The van der Waals surface area contributed by atoms with Crippen LogP contribution in [0, 0.1) is 11.3 Å². The number of thioether (sulfide) groups is 1. The molecular weight excluding hydrogens is 296 g/mol. The van der Waals surface area contributed by atoms with Gasteiger partial charge in [-0.3, -0.25) is 5.32 Å². The highest BCUT2D eigenvalue weighted by Gasteiger charge is 2.08. The predicted molar refractivity (Wildman–Crippen MR) is 77.2 cm³/mol. The second-order valence-electron chi connectivity index (χ2n) is 4.09. The van der Waals surface area contributed by atoms with Gasteiger partial charge in [-0.1, -0.05) is 15.9 Å². The number of benzene rings is 1. The first-order chi connectivity index (χ1) is 8.11. The number of hydrogen-bond donors (Lipinski definition) is 1. The molecule has 0 radical (unpaired) electrons. The maximum Gasteiger partial charge on any atom is 0.0962 e. The molecule has 0 aliphatic rings. The summed E-state index contributed by atoms with van der Waals surface area (Å²) in [4.78, 5) is 1.24. The van der Waals surface area contributed by atoms with Gasteiger partial charge < -0.3 is 0 Å². The van der Waals surface area contributed by atoms with E-state index in [4.69, 9.17) is 5.26 Å². The van der Waals surface area contributed by atoms with Crippen LogP contribution in [-0.2, 0) is 0 Å². The number of rotatable bonds is 6. The normalized spacial score (nSPS) is 12.4. The molecule has 1 unspecified atom stereocenters. The second-order valence-corrected chi connectivity index (χ2v) is 6.18. The molecule has 0 fully saturated rings. The van der Waals surface area contributed by atoms with Crippen molar-refractivity contribution in [1.82, 2.24) is 5.32 Å². The van der Waals surface area contributed by atoms with Crippen molar-refractivity contribution in [3.8, 4) is 6.07 Å². The highest BCUT2D eigenvalue weighted by molar-refractivity contribution is 9.10. The van der Waals surface area contributed by atoms with Gasteiger partial charge in [-0.05, 0) is 44.5 Å². The summed E-state index contributed by atoms with van der Waals surface area (Å²) < 4.78 is 1.10. The van der Waals surface area contributed by atoms with Crippen LogP contribution < -0.4 is 5.32 Å². The van der Waals surface area contributed by atoms with Crippen LogP contribution in [0.5, 0.6) is 0 Å². The molecule has 0 aliphatic heterocycles. The number of nitrogens with zero attached hydrogens (tertiary/aromatic N) is 1. The zero-order valence-electron chi connectivity index (χ0n) is 10.1. The van der Waals surface area contributed by atoms with Crippen molar-refractivity contribution in [1.29, 1.82) is 5.26 Å². The molecule has 1 rings (SSSR count). The number of halogens is 1. The lowest BCUT2D eigenvalue weighted by atomic mass is 10.2. The maximum atomic E-state index is 8.98. The van der Waals surface area contributed by atoms with Crippen LogP contribution in [0.4, 0.5) is 0 Å². The Labute approximate surface area is 116 Å². The van der Waals surface area contributed by atoms with Crippen molar-refractivity contribution >= 4 is 27.7 Å². The Hall–Kier alpha value is -0.500. The van der Waals surface area contributed by atoms with E-state index in [2.05, 4.69) is 53.3 Å². The quantitative estimate of drug-likeness (QED) is 0.811. The van der Waals surface area contributed by atoms with E-state index in [1.165, 1.54) is 4.90 Å². The smallest absolute Gasteiger partial charge is 0.0962 e. The molecule has 1 atom stereocenters. The molecule has 0 aromatic heterocycles. The van der Waals surface area contributed by atoms with E-state index in [0.717, 1.165) is 16.6 Å². The van der Waals surface area contributed by atoms with E-state index in [1.807, 2.05) is 12.1 Å². The third kappa shape index (κ3) is 6.11. The summed E-state index contributed by atoms with van der Waals surface area (Å²) in [6.45, 7) is 4.12. The topological polar surface area (TPSA) is 35.8 Å². The van der Waals surface area contributed by atoms with E-state index in [0.29, 0.717) is 6.04 Å². The third-order valence-corrected chi connectivity index (χ3v) is 3.75. The minimum absolute atomic E-state index is 0.0436. The van der Waals surface area contributed by atoms with Gasteiger partial charge in [0.1, 0.15) is 0 Å². The first kappa shape index (κ1) is 14.6. The van der Waals surface area contributed by atoms with Gasteiger partial charge in [-0.25, -0.2) is 0 Å². The van der Waals surface area contributed by atoms with Crippen LogP contribution in [0.2, 0.25) is 0 Å². The molecule has 0 spiro atoms. The fourth-order valence-electron chi connectivity index (χ4n) is 1.41. The molecule has 0 saturated heterocycles. The van der Waals surface area contributed by atoms with Crippen molar-refractivity contribution in [2.45, 2.75) is 37.2 Å². The molecule has 17 heavy (non-hydrogen) atoms. The van der Waals surface area contributed by atoms with Crippen LogP contribution in [0.15, 0.2) is 33.6 Å². The minimum atomic E-state index is -0.0436. The Morgan fingerprint density at radius 1 is 1.35 bits per heavy atom. The van der Waals surface area contributed by atoms with Crippen molar-refractivity contribution in [2.75, 3.05) is 5.75 Å². The van der Waals surface area contributed by atoms with E-state index in [9.17, 15) is 0 Å². The van der Waals surface area contributed by atoms with E-state index >= 15 is 0 Å². The summed E-state index contributed by atoms with van der Waals surface area (Å²) in [6.07, 6.45) is 0.870. The lowest BCUT2D eigenvalue weighted by Crippen LogP contribution is -2.33. The summed E-state index contributed by atoms with van der Waals surface area (Å²) in [6, 6.07) is 10.9. The fourth-order valence-corrected chi connectivity index (χ4v) is 2.60. The van der Waals surface area contributed by atoms with Crippen molar-refractivity contribution in [3.63, 3.8) is 0 Å². The largest absolute Gasteiger partial charge is 0.300 e. The van der Waals surface area contributed by atoms with Crippen LogP contribution in [0.25, 0.3) is 0 Å². The molecule has 2 nitrogen and oxygen atoms in total. The Balaban J connectivity index is 2.31. The molecule has 92 valence electrons. The van der Waals surface area contributed by atoms with Crippen LogP contribution in [0.1, 0.15) is 20.3 Å². The molecule has 0 amide bonds. The average Bonchev–Trinajstić information content (AvgIpc) is 2.30. The molecule has 0 bridgehead atoms. The van der Waals surface area contributed by atoms with Gasteiger partial charge in [-0.15, -0.1) is 11.8 Å². The Kier molecular flexibility index (Phi) is 6.64. The van der Waals surface area contributed by atoms with Crippen molar-refractivity contribution < 1.29 is 0 Å². The standard InChI is InChI=1S/C13H17BrN2S/c1-10(2)16-12(9-15)7-8-17-13-5-3-11(14)4-6-13/h3-6,10,12,16H,7-8H2,1-2H3. The molecular formula is C13H17BrN2S. The van der Waals surface area contributed by atoms with Gasteiger partial charge >= 0.3 is 0 Å². The predicted octanol–water partition coefficient (Wildman–Crippen LogP) is 3.82. The zero-order valence-corrected chi connectivity index (χ0v) is 12.5. The molecule has 4 heteroatoms. The fraction of sp³-hybridized carbons (Fsp3) is 0.462. The number of nitrogens with one attached hydrogen (secondary N) is 1. The van der Waals surface area contributed by atoms with E-state index < -0.39 is 0 Å². The number of nitriles is 1. The van der Waals surface area contributed by atoms with Crippen molar-refractivity contribution in [3.05, 3.63) is 28.7 Å². The molecule has 1 aromatic carbocycles. The highest BCUT2D eigenvalue weighted by Crippen LogP contribution is 2.21. The first-order valence-corrected chi connectivity index (χ1v) is 7.43. The maximum absolute atomic E-state index is 8.98. The van der Waals surface area contributed by atoms with Gasteiger partial charge in [0.2, 0.25) is 0 Å². The van der Waals surface area contributed by atoms with E-state index in [1.54, 1.807) is 11.8 Å². The van der Waals surface area contributed by atoms with E-state index in [-0.39, 0.29) is 6.04 Å². The van der Waals surface area contributed by atoms with Gasteiger partial charge in [0, 0.05) is 21.2 Å². The van der Waals surface area contributed by atoms with Gasteiger partial charge in [0.05, 0.1) is 12.1 Å². The van der Waals surface area contributed by atoms with Crippen LogP contribution in [-0.4, -0.2) is 17.8 Å². The molecule has 0 heterocycles. The highest BCUT2D eigenvalue weighted by atomic mass is 79.9. The van der Waals surface area contributed by atoms with Crippen LogP contribution in [0.3, 0.4) is 0 Å². The lowest BCUT2D eigenvalue weighted by molar-refractivity contribution is 0.522. The van der Waals surface area contributed by atoms with Gasteiger partial charge in [-0.2, -0.15) is 5.26 Å². The molecule has 1 aromatic rings. The third-order valence-electron chi connectivity index (χ3n) is 2.18. The molecule has 0 saturated carbocycles. The zero-order chi connectivity index (χ0) is 12.7. The number of hydrogen-bond acceptors (Lipinski definition) is 3. The first-order valence-electron chi connectivity index (χ1n) is 5.66. The molecule has 1 N–H and O–H groups in total. The summed E-state index contributed by atoms with van der Waals surface area (Å²) in [7, 11) is 0. The second kappa shape index (κ2) is 7.75. The van der Waals surface area contributed by atoms with Crippen LogP contribution >= 0.6 is 27.7 Å². The summed E-state index contributed by atoms with van der Waals surface area (Å²) in [5, 5.41) is 12.2. The Morgan fingerprint density at radius 3 is 2.53 bits per heavy atom. The SMILES string of the molecule is CC(C)NC(C#N)CCSc1ccc(Br)cc1. The Morgan fingerprint density at radius 2 is 2.00 bits per heavy atom. The van der Waals surface area contributed by atoms with Gasteiger partial charge in [0.25, 0.3) is 0 Å².